The third-order valence-electron chi connectivity index (χ3n) is 3.03. The van der Waals surface area contributed by atoms with E-state index >= 15 is 0 Å². The van der Waals surface area contributed by atoms with Gasteiger partial charge in [0.15, 0.2) is 5.16 Å². The van der Waals surface area contributed by atoms with Gasteiger partial charge in [0.2, 0.25) is 11.7 Å². The molecule has 0 aliphatic heterocycles. The van der Waals surface area contributed by atoms with Crippen LogP contribution in [-0.2, 0) is 5.75 Å². The summed E-state index contributed by atoms with van der Waals surface area (Å²) in [7, 11) is 0. The van der Waals surface area contributed by atoms with Crippen LogP contribution < -0.4 is 0 Å². The van der Waals surface area contributed by atoms with Crippen molar-refractivity contribution in [1.29, 1.82) is 0 Å². The minimum absolute atomic E-state index is 0.512. The van der Waals surface area contributed by atoms with Crippen LogP contribution in [0, 0.1) is 0 Å². The van der Waals surface area contributed by atoms with E-state index in [0.29, 0.717) is 23.4 Å². The topological polar surface area (TPSA) is 80.5 Å². The summed E-state index contributed by atoms with van der Waals surface area (Å²) in [5.41, 5.74) is 2.25. The summed E-state index contributed by atoms with van der Waals surface area (Å²) in [6.45, 7) is 4.34. The molecule has 0 atom stereocenters. The van der Waals surface area contributed by atoms with Crippen LogP contribution in [0.2, 0.25) is 0 Å². The Kier molecular flexibility index (Phi) is 4.01. The molecule has 0 amide bonds. The van der Waals surface area contributed by atoms with E-state index in [1.165, 1.54) is 23.7 Å². The molecule has 3 rings (SSSR count). The molecule has 0 spiro atoms. The predicted molar refractivity (Wildman–Crippen MR) is 79.8 cm³/mol. The van der Waals surface area contributed by atoms with Crippen molar-refractivity contribution in [1.82, 2.24) is 25.3 Å². The maximum atomic E-state index is 5.25. The van der Waals surface area contributed by atoms with Crippen molar-refractivity contribution in [3.05, 3.63) is 42.0 Å². The van der Waals surface area contributed by atoms with Gasteiger partial charge in [0.05, 0.1) is 5.75 Å². The fourth-order valence-corrected chi connectivity index (χ4v) is 2.46. The summed E-state index contributed by atoms with van der Waals surface area (Å²) < 4.78 is 5.25. The molecule has 3 aromatic rings. The Bertz CT molecular complexity index is 690. The first-order chi connectivity index (χ1) is 10.2. The highest BCUT2D eigenvalue weighted by atomic mass is 32.2. The van der Waals surface area contributed by atoms with Crippen molar-refractivity contribution in [2.24, 2.45) is 0 Å². The molecule has 1 N–H and O–H groups in total. The molecule has 2 aromatic heterocycles. The average Bonchev–Trinajstić information content (AvgIpc) is 3.17. The van der Waals surface area contributed by atoms with Gasteiger partial charge >= 0.3 is 0 Å². The average molecular weight is 301 g/mol. The lowest BCUT2D eigenvalue weighted by atomic mass is 10.0. The van der Waals surface area contributed by atoms with E-state index in [1.807, 2.05) is 12.1 Å². The third kappa shape index (κ3) is 3.30. The van der Waals surface area contributed by atoms with Gasteiger partial charge in [-0.25, -0.2) is 4.98 Å². The lowest BCUT2D eigenvalue weighted by molar-refractivity contribution is 0.391. The van der Waals surface area contributed by atoms with Gasteiger partial charge in [-0.3, -0.25) is 5.10 Å². The highest BCUT2D eigenvalue weighted by Gasteiger charge is 2.10. The summed E-state index contributed by atoms with van der Waals surface area (Å²) in [6.07, 6.45) is 1.47. The van der Waals surface area contributed by atoms with Crippen molar-refractivity contribution in [3.63, 3.8) is 0 Å². The number of rotatable bonds is 5. The van der Waals surface area contributed by atoms with Crippen LogP contribution in [0.25, 0.3) is 11.4 Å². The van der Waals surface area contributed by atoms with Crippen LogP contribution in [0.15, 0.2) is 40.3 Å². The highest BCUT2D eigenvalue weighted by molar-refractivity contribution is 7.98. The van der Waals surface area contributed by atoms with E-state index in [2.05, 4.69) is 51.3 Å². The number of thioether (sulfide) groups is 1. The van der Waals surface area contributed by atoms with Crippen LogP contribution >= 0.6 is 11.8 Å². The number of H-pyrrole nitrogens is 1. The van der Waals surface area contributed by atoms with Gasteiger partial charge in [0.25, 0.3) is 0 Å². The number of hydrogen-bond acceptors (Lipinski definition) is 6. The number of benzene rings is 1. The molecule has 0 fully saturated rings. The molecular weight excluding hydrogens is 286 g/mol. The lowest BCUT2D eigenvalue weighted by Crippen LogP contribution is -1.88. The smallest absolute Gasteiger partial charge is 0.237 e. The first-order valence-electron chi connectivity index (χ1n) is 6.63. The van der Waals surface area contributed by atoms with Gasteiger partial charge < -0.3 is 4.52 Å². The monoisotopic (exact) mass is 301 g/mol. The second kappa shape index (κ2) is 6.09. The Morgan fingerprint density at radius 3 is 2.71 bits per heavy atom. The molecule has 0 aliphatic rings. The molecule has 0 aliphatic carbocycles. The molecule has 1 aromatic carbocycles. The largest absolute Gasteiger partial charge is 0.338 e. The molecule has 6 nitrogen and oxygen atoms in total. The van der Waals surface area contributed by atoms with Gasteiger partial charge in [0.1, 0.15) is 6.33 Å². The second-order valence-corrected chi connectivity index (χ2v) is 5.83. The maximum Gasteiger partial charge on any atom is 0.237 e. The molecule has 0 bridgehead atoms. The Morgan fingerprint density at radius 2 is 2.05 bits per heavy atom. The fourth-order valence-electron chi connectivity index (χ4n) is 1.84. The number of nitrogens with one attached hydrogen (secondary N) is 1. The molecule has 21 heavy (non-hydrogen) atoms. The fraction of sp³-hybridized carbons (Fsp3) is 0.286. The van der Waals surface area contributed by atoms with Crippen molar-refractivity contribution in [2.75, 3.05) is 0 Å². The van der Waals surface area contributed by atoms with Gasteiger partial charge in [-0.1, -0.05) is 55.0 Å². The summed E-state index contributed by atoms with van der Waals surface area (Å²) in [4.78, 5) is 8.42. The summed E-state index contributed by atoms with van der Waals surface area (Å²) in [5, 5.41) is 11.3. The van der Waals surface area contributed by atoms with Crippen molar-refractivity contribution in [2.45, 2.75) is 30.7 Å². The number of aromatic amines is 1. The minimum Gasteiger partial charge on any atom is -0.338 e. The Hall–Kier alpha value is -2.15. The van der Waals surface area contributed by atoms with E-state index < -0.39 is 0 Å². The SMILES string of the molecule is CC(C)c1ccc(-c2noc(CSc3ncn[nH]3)n2)cc1. The van der Waals surface area contributed by atoms with E-state index in [1.54, 1.807) is 0 Å². The van der Waals surface area contributed by atoms with Gasteiger partial charge in [-0.2, -0.15) is 10.1 Å². The van der Waals surface area contributed by atoms with E-state index in [-0.39, 0.29) is 0 Å². The summed E-state index contributed by atoms with van der Waals surface area (Å²) >= 11 is 1.47. The van der Waals surface area contributed by atoms with Crippen LogP contribution in [0.1, 0.15) is 31.2 Å². The molecule has 0 saturated carbocycles. The molecule has 108 valence electrons. The zero-order valence-corrected chi connectivity index (χ0v) is 12.6. The Morgan fingerprint density at radius 1 is 1.24 bits per heavy atom. The zero-order chi connectivity index (χ0) is 14.7. The quantitative estimate of drug-likeness (QED) is 0.728. The lowest BCUT2D eigenvalue weighted by Gasteiger charge is -2.04. The van der Waals surface area contributed by atoms with Crippen molar-refractivity contribution < 1.29 is 4.52 Å². The zero-order valence-electron chi connectivity index (χ0n) is 11.8. The Balaban J connectivity index is 1.69. The predicted octanol–water partition coefficient (Wildman–Crippen LogP) is 3.27. The second-order valence-electron chi connectivity index (χ2n) is 4.87. The minimum atomic E-state index is 0.512. The van der Waals surface area contributed by atoms with Gasteiger partial charge in [0, 0.05) is 5.56 Å². The number of aromatic nitrogens is 5. The molecule has 2 heterocycles. The van der Waals surface area contributed by atoms with Crippen LogP contribution in [0.3, 0.4) is 0 Å². The molecule has 0 radical (unpaired) electrons. The first-order valence-corrected chi connectivity index (χ1v) is 7.62. The summed E-state index contributed by atoms with van der Waals surface area (Å²) in [5.74, 6) is 2.25. The first kappa shape index (κ1) is 13.8. The summed E-state index contributed by atoms with van der Waals surface area (Å²) in [6, 6.07) is 8.24. The van der Waals surface area contributed by atoms with Crippen LogP contribution in [-0.4, -0.2) is 25.3 Å². The molecule has 0 saturated heterocycles. The van der Waals surface area contributed by atoms with E-state index in [0.717, 1.165) is 10.7 Å². The number of hydrogen-bond donors (Lipinski definition) is 1. The van der Waals surface area contributed by atoms with Gasteiger partial charge in [-0.05, 0) is 11.5 Å². The third-order valence-corrected chi connectivity index (χ3v) is 3.89. The van der Waals surface area contributed by atoms with E-state index in [9.17, 15) is 0 Å². The highest BCUT2D eigenvalue weighted by Crippen LogP contribution is 2.22. The molecule has 7 heteroatoms. The maximum absolute atomic E-state index is 5.25. The van der Waals surface area contributed by atoms with Crippen LogP contribution in [0.5, 0.6) is 0 Å². The van der Waals surface area contributed by atoms with Gasteiger partial charge in [-0.15, -0.1) is 0 Å². The van der Waals surface area contributed by atoms with Crippen molar-refractivity contribution in [3.8, 4) is 11.4 Å². The van der Waals surface area contributed by atoms with E-state index in [4.69, 9.17) is 4.52 Å². The number of nitrogens with zero attached hydrogens (tertiary/aromatic N) is 4. The normalized spacial score (nSPS) is 11.2. The van der Waals surface area contributed by atoms with Crippen molar-refractivity contribution >= 4 is 11.8 Å². The standard InChI is InChI=1S/C14H15N5OS/c1-9(2)10-3-5-11(6-4-10)13-17-12(20-19-13)7-21-14-15-8-16-18-14/h3-6,8-9H,7H2,1-2H3,(H,15,16,18). The molecule has 0 unspecified atom stereocenters. The molecular formula is C14H15N5OS. The Labute approximate surface area is 126 Å². The van der Waals surface area contributed by atoms with Crippen LogP contribution in [0.4, 0.5) is 0 Å².